The van der Waals surface area contributed by atoms with Crippen molar-refractivity contribution in [1.29, 1.82) is 0 Å². The lowest BCUT2D eigenvalue weighted by atomic mass is 9.69. The molecule has 0 spiro atoms. The van der Waals surface area contributed by atoms with Crippen LogP contribution in [0.25, 0.3) is 0 Å². The van der Waals surface area contributed by atoms with E-state index in [4.69, 9.17) is 0 Å². The fraction of sp³-hybridized carbons (Fsp3) is 1.00. The van der Waals surface area contributed by atoms with Crippen molar-refractivity contribution in [2.24, 2.45) is 41.4 Å². The van der Waals surface area contributed by atoms with Crippen molar-refractivity contribution in [3.05, 3.63) is 0 Å². The molecule has 0 radical (unpaired) electrons. The van der Waals surface area contributed by atoms with Crippen LogP contribution in [0.3, 0.4) is 0 Å². The monoisotopic (exact) mass is 334 g/mol. The molecule has 2 saturated carbocycles. The minimum Gasteiger partial charge on any atom is -0.0651 e. The Kier molecular flexibility index (Phi) is 8.65. The van der Waals surface area contributed by atoms with Crippen LogP contribution >= 0.6 is 0 Å². The molecule has 2 aliphatic carbocycles. The molecule has 0 amide bonds. The van der Waals surface area contributed by atoms with Crippen LogP contribution in [0.15, 0.2) is 0 Å². The molecular formula is C24H46. The molecule has 2 fully saturated rings. The van der Waals surface area contributed by atoms with Crippen LogP contribution < -0.4 is 0 Å². The third kappa shape index (κ3) is 6.06. The first-order valence-corrected chi connectivity index (χ1v) is 11.5. The van der Waals surface area contributed by atoms with Gasteiger partial charge in [-0.15, -0.1) is 0 Å². The Hall–Kier alpha value is 0. The highest BCUT2D eigenvalue weighted by molar-refractivity contribution is 4.80. The molecule has 0 N–H and O–H groups in total. The van der Waals surface area contributed by atoms with Crippen LogP contribution in [0.1, 0.15) is 112 Å². The van der Waals surface area contributed by atoms with Crippen LogP contribution in [0.4, 0.5) is 0 Å². The van der Waals surface area contributed by atoms with Gasteiger partial charge in [-0.3, -0.25) is 0 Å². The first-order valence-electron chi connectivity index (χ1n) is 11.5. The fourth-order valence-corrected chi connectivity index (χ4v) is 5.85. The van der Waals surface area contributed by atoms with Crippen molar-refractivity contribution in [3.63, 3.8) is 0 Å². The smallest absolute Gasteiger partial charge is 0.0386 e. The molecule has 0 heteroatoms. The van der Waals surface area contributed by atoms with Crippen LogP contribution in [0.2, 0.25) is 0 Å². The first-order chi connectivity index (χ1) is 11.5. The van der Waals surface area contributed by atoms with Gasteiger partial charge in [0.2, 0.25) is 0 Å². The van der Waals surface area contributed by atoms with E-state index >= 15 is 0 Å². The average Bonchev–Trinajstić information content (AvgIpc) is 2.59. The summed E-state index contributed by atoms with van der Waals surface area (Å²) in [5.74, 6) is 6.95. The topological polar surface area (TPSA) is 0 Å². The second-order valence-corrected chi connectivity index (χ2v) is 9.90. The zero-order valence-electron chi connectivity index (χ0n) is 17.5. The lowest BCUT2D eigenvalue weighted by molar-refractivity contribution is 0.142. The van der Waals surface area contributed by atoms with E-state index in [0.29, 0.717) is 0 Å². The summed E-state index contributed by atoms with van der Waals surface area (Å²) in [5.41, 5.74) is 0. The average molecular weight is 335 g/mol. The molecule has 0 aromatic heterocycles. The van der Waals surface area contributed by atoms with E-state index in [9.17, 15) is 0 Å². The largest absolute Gasteiger partial charge is 0.0651 e. The maximum atomic E-state index is 2.57. The molecule has 2 rings (SSSR count). The van der Waals surface area contributed by atoms with Gasteiger partial charge in [0, 0.05) is 0 Å². The minimum absolute atomic E-state index is 0.937. The predicted octanol–water partition coefficient (Wildman–Crippen LogP) is 8.11. The van der Waals surface area contributed by atoms with Crippen molar-refractivity contribution >= 4 is 0 Å². The maximum Gasteiger partial charge on any atom is -0.0386 e. The SMILES string of the molecule is CCC1CCC(CCCC2CC(C)C(C)CC(CC)CC2C)CC1. The van der Waals surface area contributed by atoms with Crippen molar-refractivity contribution < 1.29 is 0 Å². The molecular weight excluding hydrogens is 288 g/mol. The van der Waals surface area contributed by atoms with Crippen LogP contribution in [0.5, 0.6) is 0 Å². The highest BCUT2D eigenvalue weighted by atomic mass is 14.3. The molecule has 142 valence electrons. The Bertz CT molecular complexity index is 325. The van der Waals surface area contributed by atoms with Crippen molar-refractivity contribution in [3.8, 4) is 0 Å². The molecule has 0 aromatic rings. The highest BCUT2D eigenvalue weighted by Gasteiger charge is 2.29. The Morgan fingerprint density at radius 3 is 1.75 bits per heavy atom. The Labute approximate surface area is 153 Å². The quantitative estimate of drug-likeness (QED) is 0.460. The standard InChI is InChI=1S/C24H46/c1-6-21-11-13-23(14-12-21)9-8-10-24-17-19(4)18(3)15-22(7-2)16-20(24)5/h18-24H,6-17H2,1-5H3. The molecule has 2 aliphatic rings. The van der Waals surface area contributed by atoms with E-state index in [0.717, 1.165) is 41.4 Å². The van der Waals surface area contributed by atoms with Gasteiger partial charge >= 0.3 is 0 Å². The van der Waals surface area contributed by atoms with Gasteiger partial charge in [0.15, 0.2) is 0 Å². The number of hydrogen-bond acceptors (Lipinski definition) is 0. The summed E-state index contributed by atoms with van der Waals surface area (Å²) in [4.78, 5) is 0. The lowest BCUT2D eigenvalue weighted by Crippen LogP contribution is -2.26. The summed E-state index contributed by atoms with van der Waals surface area (Å²) < 4.78 is 0. The molecule has 0 bridgehead atoms. The second kappa shape index (κ2) is 10.2. The van der Waals surface area contributed by atoms with E-state index in [2.05, 4.69) is 34.6 Å². The third-order valence-corrected chi connectivity index (χ3v) is 8.17. The van der Waals surface area contributed by atoms with Gasteiger partial charge in [0.05, 0.1) is 0 Å². The predicted molar refractivity (Wildman–Crippen MR) is 108 cm³/mol. The maximum absolute atomic E-state index is 2.57. The molecule has 5 unspecified atom stereocenters. The van der Waals surface area contributed by atoms with Crippen LogP contribution in [-0.2, 0) is 0 Å². The highest BCUT2D eigenvalue weighted by Crippen LogP contribution is 2.40. The van der Waals surface area contributed by atoms with Gasteiger partial charge in [0.25, 0.3) is 0 Å². The van der Waals surface area contributed by atoms with E-state index in [1.54, 1.807) is 0 Å². The van der Waals surface area contributed by atoms with Gasteiger partial charge < -0.3 is 0 Å². The van der Waals surface area contributed by atoms with Crippen molar-refractivity contribution in [2.45, 2.75) is 112 Å². The summed E-state index contributed by atoms with van der Waals surface area (Å²) in [6.07, 6.45) is 18.0. The summed E-state index contributed by atoms with van der Waals surface area (Å²) in [7, 11) is 0. The summed E-state index contributed by atoms with van der Waals surface area (Å²) in [6, 6.07) is 0. The Balaban J connectivity index is 1.77. The zero-order chi connectivity index (χ0) is 17.5. The van der Waals surface area contributed by atoms with E-state index < -0.39 is 0 Å². The van der Waals surface area contributed by atoms with E-state index in [-0.39, 0.29) is 0 Å². The van der Waals surface area contributed by atoms with Crippen LogP contribution in [0, 0.1) is 41.4 Å². The normalized spacial score (nSPS) is 41.6. The molecule has 5 atom stereocenters. The fourth-order valence-electron chi connectivity index (χ4n) is 5.85. The molecule has 0 heterocycles. The third-order valence-electron chi connectivity index (χ3n) is 8.17. The van der Waals surface area contributed by atoms with Crippen molar-refractivity contribution in [1.82, 2.24) is 0 Å². The van der Waals surface area contributed by atoms with E-state index in [1.807, 2.05) is 0 Å². The second-order valence-electron chi connectivity index (χ2n) is 9.90. The lowest BCUT2D eigenvalue weighted by Gasteiger charge is -2.37. The number of rotatable bonds is 6. The Morgan fingerprint density at radius 2 is 1.12 bits per heavy atom. The van der Waals surface area contributed by atoms with Gasteiger partial charge in [0.1, 0.15) is 0 Å². The van der Waals surface area contributed by atoms with Gasteiger partial charge in [-0.2, -0.15) is 0 Å². The molecule has 0 aromatic carbocycles. The molecule has 24 heavy (non-hydrogen) atoms. The minimum atomic E-state index is 0.937. The summed E-state index contributed by atoms with van der Waals surface area (Å²) >= 11 is 0. The molecule has 0 nitrogen and oxygen atoms in total. The number of hydrogen-bond donors (Lipinski definition) is 0. The zero-order valence-corrected chi connectivity index (χ0v) is 17.5. The Morgan fingerprint density at radius 1 is 0.583 bits per heavy atom. The molecule has 0 aliphatic heterocycles. The summed E-state index contributed by atoms with van der Waals surface area (Å²) in [6.45, 7) is 12.4. The summed E-state index contributed by atoms with van der Waals surface area (Å²) in [5, 5.41) is 0. The van der Waals surface area contributed by atoms with Crippen LogP contribution in [-0.4, -0.2) is 0 Å². The first kappa shape index (κ1) is 20.3. The van der Waals surface area contributed by atoms with Crippen molar-refractivity contribution in [2.75, 3.05) is 0 Å². The van der Waals surface area contributed by atoms with E-state index in [1.165, 1.54) is 77.0 Å². The van der Waals surface area contributed by atoms with Gasteiger partial charge in [-0.25, -0.2) is 0 Å². The van der Waals surface area contributed by atoms with Gasteiger partial charge in [-0.05, 0) is 60.7 Å². The van der Waals surface area contributed by atoms with Gasteiger partial charge in [-0.1, -0.05) is 92.4 Å². The molecule has 0 saturated heterocycles.